The summed E-state index contributed by atoms with van der Waals surface area (Å²) in [5.74, 6) is 0.298. The number of halogens is 1. The number of ether oxygens (including phenoxy) is 1. The third kappa shape index (κ3) is 4.02. The third-order valence-electron chi connectivity index (χ3n) is 3.30. The first-order chi connectivity index (χ1) is 10.0. The second-order valence-electron chi connectivity index (χ2n) is 5.30. The lowest BCUT2D eigenvalue weighted by atomic mass is 9.90. The molecule has 1 unspecified atom stereocenters. The van der Waals surface area contributed by atoms with Gasteiger partial charge in [-0.25, -0.2) is 4.39 Å². The van der Waals surface area contributed by atoms with Crippen molar-refractivity contribution in [1.29, 1.82) is 0 Å². The zero-order valence-corrected chi connectivity index (χ0v) is 12.3. The van der Waals surface area contributed by atoms with Crippen LogP contribution >= 0.6 is 0 Å². The van der Waals surface area contributed by atoms with Crippen molar-refractivity contribution in [2.24, 2.45) is 0 Å². The van der Waals surface area contributed by atoms with Crippen molar-refractivity contribution in [1.82, 2.24) is 4.98 Å². The summed E-state index contributed by atoms with van der Waals surface area (Å²) in [6.07, 6.45) is 4.27. The number of aromatic nitrogens is 1. The highest BCUT2D eigenvalue weighted by Crippen LogP contribution is 2.28. The molecule has 1 atom stereocenters. The van der Waals surface area contributed by atoms with Crippen molar-refractivity contribution < 1.29 is 14.2 Å². The van der Waals surface area contributed by atoms with E-state index in [2.05, 4.69) is 4.98 Å². The summed E-state index contributed by atoms with van der Waals surface area (Å²) in [5, 5.41) is 10.7. The number of hydrogen-bond donors (Lipinski definition) is 1. The molecular weight excluding hydrogens is 269 g/mol. The Morgan fingerprint density at radius 3 is 2.76 bits per heavy atom. The molecule has 0 spiro atoms. The maximum absolute atomic E-state index is 13.7. The average Bonchev–Trinajstić information content (AvgIpc) is 2.48. The molecule has 0 aliphatic carbocycles. The van der Waals surface area contributed by atoms with Crippen LogP contribution in [0.4, 0.5) is 4.39 Å². The summed E-state index contributed by atoms with van der Waals surface area (Å²) in [7, 11) is 0. The van der Waals surface area contributed by atoms with Crippen LogP contribution in [0.5, 0.6) is 5.75 Å². The fourth-order valence-corrected chi connectivity index (χ4v) is 2.13. The molecule has 0 saturated carbocycles. The predicted molar refractivity (Wildman–Crippen MR) is 79.7 cm³/mol. The molecule has 0 radical (unpaired) electrons. The molecule has 1 heterocycles. The first-order valence-electron chi connectivity index (χ1n) is 7.07. The van der Waals surface area contributed by atoms with Crippen LogP contribution in [0.3, 0.4) is 0 Å². The molecule has 1 N–H and O–H groups in total. The van der Waals surface area contributed by atoms with Crippen LogP contribution in [-0.2, 0) is 12.0 Å². The second kappa shape index (κ2) is 6.68. The van der Waals surface area contributed by atoms with Gasteiger partial charge in [0.05, 0.1) is 18.4 Å². The Hall–Kier alpha value is -1.94. The molecule has 0 amide bonds. The molecule has 1 aromatic heterocycles. The number of rotatable bonds is 6. The highest BCUT2D eigenvalue weighted by molar-refractivity contribution is 5.30. The van der Waals surface area contributed by atoms with Gasteiger partial charge in [-0.2, -0.15) is 0 Å². The monoisotopic (exact) mass is 289 g/mol. The summed E-state index contributed by atoms with van der Waals surface area (Å²) < 4.78 is 19.2. The Balaban J connectivity index is 2.20. The Bertz CT molecular complexity index is 599. The largest absolute Gasteiger partial charge is 0.492 e. The van der Waals surface area contributed by atoms with E-state index in [1.165, 1.54) is 6.07 Å². The fourth-order valence-electron chi connectivity index (χ4n) is 2.13. The molecule has 112 valence electrons. The normalized spacial score (nSPS) is 13.7. The van der Waals surface area contributed by atoms with Gasteiger partial charge in [0, 0.05) is 18.2 Å². The van der Waals surface area contributed by atoms with Gasteiger partial charge in [0.25, 0.3) is 0 Å². The van der Waals surface area contributed by atoms with Crippen LogP contribution in [0.15, 0.2) is 42.7 Å². The summed E-state index contributed by atoms with van der Waals surface area (Å²) in [6, 6.07) is 8.21. The Morgan fingerprint density at radius 2 is 2.05 bits per heavy atom. The fraction of sp³-hybridized carbons (Fsp3) is 0.353. The number of hydrogen-bond acceptors (Lipinski definition) is 3. The number of aliphatic hydroxyl groups is 1. The van der Waals surface area contributed by atoms with Gasteiger partial charge in [0.15, 0.2) is 0 Å². The van der Waals surface area contributed by atoms with E-state index in [-0.39, 0.29) is 12.2 Å². The molecule has 2 rings (SSSR count). The van der Waals surface area contributed by atoms with Gasteiger partial charge in [-0.05, 0) is 31.0 Å². The van der Waals surface area contributed by atoms with Gasteiger partial charge in [-0.1, -0.05) is 25.1 Å². The van der Waals surface area contributed by atoms with Crippen LogP contribution in [0.2, 0.25) is 0 Å². The minimum absolute atomic E-state index is 0.179. The molecular formula is C17H20FNO2. The number of pyridine rings is 1. The van der Waals surface area contributed by atoms with E-state index in [0.717, 1.165) is 6.42 Å². The van der Waals surface area contributed by atoms with E-state index in [1.807, 2.05) is 6.92 Å². The third-order valence-corrected chi connectivity index (χ3v) is 3.30. The minimum atomic E-state index is -1.21. The molecule has 0 saturated heterocycles. The van der Waals surface area contributed by atoms with E-state index in [0.29, 0.717) is 23.5 Å². The summed E-state index contributed by atoms with van der Waals surface area (Å²) in [4.78, 5) is 4.09. The summed E-state index contributed by atoms with van der Waals surface area (Å²) >= 11 is 0. The van der Waals surface area contributed by atoms with E-state index >= 15 is 0 Å². The van der Waals surface area contributed by atoms with Crippen molar-refractivity contribution in [3.8, 4) is 5.75 Å². The summed E-state index contributed by atoms with van der Waals surface area (Å²) in [6.45, 7) is 4.27. The average molecular weight is 289 g/mol. The minimum Gasteiger partial charge on any atom is -0.492 e. The van der Waals surface area contributed by atoms with Gasteiger partial charge in [0.2, 0.25) is 0 Å². The van der Waals surface area contributed by atoms with E-state index in [1.54, 1.807) is 43.6 Å². The number of nitrogens with zero attached hydrogens (tertiary/aromatic N) is 1. The molecule has 0 fully saturated rings. The quantitative estimate of drug-likeness (QED) is 0.885. The van der Waals surface area contributed by atoms with Gasteiger partial charge in [0.1, 0.15) is 11.6 Å². The lowest BCUT2D eigenvalue weighted by Crippen LogP contribution is -2.25. The number of benzene rings is 1. The van der Waals surface area contributed by atoms with Crippen molar-refractivity contribution in [2.75, 3.05) is 6.61 Å². The first kappa shape index (κ1) is 15.4. The van der Waals surface area contributed by atoms with Crippen LogP contribution in [0.1, 0.15) is 31.4 Å². The van der Waals surface area contributed by atoms with Gasteiger partial charge in [-0.3, -0.25) is 4.98 Å². The van der Waals surface area contributed by atoms with Gasteiger partial charge in [-0.15, -0.1) is 0 Å². The zero-order chi connectivity index (χ0) is 15.3. The maximum atomic E-state index is 13.7. The molecule has 2 aromatic rings. The second-order valence-corrected chi connectivity index (χ2v) is 5.30. The van der Waals surface area contributed by atoms with Crippen molar-refractivity contribution in [2.45, 2.75) is 32.3 Å². The maximum Gasteiger partial charge on any atom is 0.137 e. The van der Waals surface area contributed by atoms with Crippen molar-refractivity contribution in [3.63, 3.8) is 0 Å². The highest BCUT2D eigenvalue weighted by atomic mass is 19.1. The van der Waals surface area contributed by atoms with Gasteiger partial charge < -0.3 is 9.84 Å². The van der Waals surface area contributed by atoms with E-state index < -0.39 is 5.60 Å². The zero-order valence-electron chi connectivity index (χ0n) is 12.3. The Labute approximate surface area is 124 Å². The molecule has 21 heavy (non-hydrogen) atoms. The predicted octanol–water partition coefficient (Wildman–Crippen LogP) is 3.46. The summed E-state index contributed by atoms with van der Waals surface area (Å²) in [5.41, 5.74) is -0.123. The lowest BCUT2D eigenvalue weighted by Gasteiger charge is -2.24. The first-order valence-corrected chi connectivity index (χ1v) is 7.07. The standard InChI is InChI=1S/C17H20FNO2/c1-3-8-21-15-9-14(11-19-12-15)17(2,20)10-13-6-4-5-7-16(13)18/h4-7,9,11-12,20H,3,8,10H2,1-2H3. The van der Waals surface area contributed by atoms with Crippen LogP contribution < -0.4 is 4.74 Å². The molecule has 1 aromatic carbocycles. The molecule has 0 aliphatic heterocycles. The molecule has 4 heteroatoms. The topological polar surface area (TPSA) is 42.4 Å². The Morgan fingerprint density at radius 1 is 1.29 bits per heavy atom. The highest BCUT2D eigenvalue weighted by Gasteiger charge is 2.25. The van der Waals surface area contributed by atoms with Crippen LogP contribution in [0.25, 0.3) is 0 Å². The lowest BCUT2D eigenvalue weighted by molar-refractivity contribution is 0.0560. The Kier molecular flexibility index (Phi) is 4.91. The van der Waals surface area contributed by atoms with Gasteiger partial charge >= 0.3 is 0 Å². The molecule has 0 aliphatic rings. The van der Waals surface area contributed by atoms with E-state index in [9.17, 15) is 9.50 Å². The van der Waals surface area contributed by atoms with E-state index in [4.69, 9.17) is 4.74 Å². The molecule has 0 bridgehead atoms. The smallest absolute Gasteiger partial charge is 0.137 e. The SMILES string of the molecule is CCCOc1cncc(C(C)(O)Cc2ccccc2F)c1. The van der Waals surface area contributed by atoms with Crippen molar-refractivity contribution >= 4 is 0 Å². The van der Waals surface area contributed by atoms with Crippen LogP contribution in [-0.4, -0.2) is 16.7 Å². The van der Waals surface area contributed by atoms with Crippen molar-refractivity contribution in [3.05, 3.63) is 59.7 Å². The van der Waals surface area contributed by atoms with Crippen LogP contribution in [0, 0.1) is 5.82 Å². The molecule has 3 nitrogen and oxygen atoms in total.